The van der Waals surface area contributed by atoms with E-state index in [2.05, 4.69) is 37.1 Å². The van der Waals surface area contributed by atoms with Crippen molar-refractivity contribution < 1.29 is 19.4 Å². The SMILES string of the molecule is CC(C)(C)c1ccc2c(c1)O[C@@H](C(=O)N=Nc1c(O)n(CCCC#N)c3ccccc13)CO2. The second-order valence-electron chi connectivity index (χ2n) is 8.97. The van der Waals surface area contributed by atoms with Crippen molar-refractivity contribution in [2.24, 2.45) is 10.2 Å². The zero-order chi connectivity index (χ0) is 23.6. The first-order valence-electron chi connectivity index (χ1n) is 10.9. The number of rotatable bonds is 5. The van der Waals surface area contributed by atoms with Gasteiger partial charge >= 0.3 is 5.91 Å². The minimum absolute atomic E-state index is 0.0294. The van der Waals surface area contributed by atoms with Gasteiger partial charge in [0.25, 0.3) is 0 Å². The summed E-state index contributed by atoms with van der Waals surface area (Å²) >= 11 is 0. The van der Waals surface area contributed by atoms with Crippen molar-refractivity contribution in [2.45, 2.75) is 51.7 Å². The number of aryl methyl sites for hydroxylation is 1. The summed E-state index contributed by atoms with van der Waals surface area (Å²) < 4.78 is 13.3. The van der Waals surface area contributed by atoms with E-state index in [1.54, 1.807) is 10.6 Å². The number of carbonyl (C=O) groups is 1. The number of nitriles is 1. The highest BCUT2D eigenvalue weighted by Crippen LogP contribution is 2.39. The van der Waals surface area contributed by atoms with Gasteiger partial charge in [0.05, 0.1) is 11.6 Å². The number of aromatic hydroxyl groups is 1. The molecule has 0 bridgehead atoms. The van der Waals surface area contributed by atoms with E-state index in [0.29, 0.717) is 36.3 Å². The molecule has 1 atom stereocenters. The Hall–Kier alpha value is -3.86. The number of amides is 1. The summed E-state index contributed by atoms with van der Waals surface area (Å²) in [5, 5.41) is 28.1. The van der Waals surface area contributed by atoms with Crippen LogP contribution in [0.5, 0.6) is 17.4 Å². The minimum atomic E-state index is -0.928. The van der Waals surface area contributed by atoms with E-state index >= 15 is 0 Å². The predicted molar refractivity (Wildman–Crippen MR) is 123 cm³/mol. The van der Waals surface area contributed by atoms with Crippen LogP contribution >= 0.6 is 0 Å². The molecular weight excluding hydrogens is 420 g/mol. The van der Waals surface area contributed by atoms with Crippen LogP contribution in [0, 0.1) is 11.3 Å². The number of hydrogen-bond donors (Lipinski definition) is 1. The number of aromatic nitrogens is 1. The lowest BCUT2D eigenvalue weighted by Gasteiger charge is -2.27. The van der Waals surface area contributed by atoms with Gasteiger partial charge in [-0.05, 0) is 35.6 Å². The maximum atomic E-state index is 12.7. The molecule has 1 amide bonds. The molecule has 8 heteroatoms. The third-order valence-electron chi connectivity index (χ3n) is 5.58. The van der Waals surface area contributed by atoms with Gasteiger partial charge in [-0.3, -0.25) is 4.79 Å². The molecule has 0 saturated carbocycles. The molecule has 1 aliphatic rings. The fourth-order valence-corrected chi connectivity index (χ4v) is 3.74. The van der Waals surface area contributed by atoms with Gasteiger partial charge in [-0.15, -0.1) is 10.2 Å². The van der Waals surface area contributed by atoms with Crippen LogP contribution in [-0.2, 0) is 16.8 Å². The van der Waals surface area contributed by atoms with Crippen LogP contribution in [0.2, 0.25) is 0 Å². The lowest BCUT2D eigenvalue weighted by molar-refractivity contribution is -0.127. The topological polar surface area (TPSA) is 109 Å². The molecule has 1 aromatic heterocycles. The maximum Gasteiger partial charge on any atom is 0.308 e. The van der Waals surface area contributed by atoms with Gasteiger partial charge in [0.1, 0.15) is 6.61 Å². The predicted octanol–water partition coefficient (Wildman–Crippen LogP) is 5.40. The molecule has 2 aromatic carbocycles. The van der Waals surface area contributed by atoms with Crippen molar-refractivity contribution in [1.29, 1.82) is 5.26 Å². The molecule has 0 unspecified atom stereocenters. The number of ether oxygens (including phenoxy) is 2. The van der Waals surface area contributed by atoms with Crippen LogP contribution in [0.3, 0.4) is 0 Å². The summed E-state index contributed by atoms with van der Waals surface area (Å²) in [5.74, 6) is 0.399. The van der Waals surface area contributed by atoms with Crippen molar-refractivity contribution >= 4 is 22.5 Å². The first-order chi connectivity index (χ1) is 15.8. The van der Waals surface area contributed by atoms with Gasteiger partial charge in [0, 0.05) is 18.4 Å². The fraction of sp³-hybridized carbons (Fsp3) is 0.360. The van der Waals surface area contributed by atoms with Crippen LogP contribution in [-0.4, -0.2) is 28.3 Å². The van der Waals surface area contributed by atoms with Gasteiger partial charge in [-0.2, -0.15) is 5.26 Å². The van der Waals surface area contributed by atoms with E-state index in [4.69, 9.17) is 14.7 Å². The lowest BCUT2D eigenvalue weighted by Crippen LogP contribution is -2.35. The van der Waals surface area contributed by atoms with Crippen LogP contribution in [0.25, 0.3) is 10.9 Å². The van der Waals surface area contributed by atoms with Gasteiger partial charge in [0.2, 0.25) is 12.0 Å². The number of nitrogens with zero attached hydrogens (tertiary/aromatic N) is 4. The van der Waals surface area contributed by atoms with E-state index in [1.165, 1.54) is 0 Å². The third-order valence-corrected chi connectivity index (χ3v) is 5.58. The highest BCUT2D eigenvalue weighted by atomic mass is 16.6. The molecule has 3 aromatic rings. The highest BCUT2D eigenvalue weighted by Gasteiger charge is 2.29. The molecular formula is C25H26N4O4. The third kappa shape index (κ3) is 4.53. The Bertz CT molecular complexity index is 1260. The molecule has 8 nitrogen and oxygen atoms in total. The molecule has 0 fully saturated rings. The Morgan fingerprint density at radius 1 is 1.24 bits per heavy atom. The van der Waals surface area contributed by atoms with Crippen LogP contribution < -0.4 is 9.47 Å². The molecule has 4 rings (SSSR count). The Labute approximate surface area is 192 Å². The first-order valence-corrected chi connectivity index (χ1v) is 10.9. The number of unbranched alkanes of at least 4 members (excludes halogenated alkanes) is 1. The number of azo groups is 1. The molecule has 1 N–H and O–H groups in total. The fourth-order valence-electron chi connectivity index (χ4n) is 3.74. The first kappa shape index (κ1) is 22.3. The number of para-hydroxylation sites is 1. The summed E-state index contributed by atoms with van der Waals surface area (Å²) in [7, 11) is 0. The van der Waals surface area contributed by atoms with Crippen LogP contribution in [0.15, 0.2) is 52.7 Å². The van der Waals surface area contributed by atoms with Crippen LogP contribution in [0.4, 0.5) is 5.69 Å². The Kier molecular flexibility index (Phi) is 6.05. The van der Waals surface area contributed by atoms with Crippen molar-refractivity contribution in [3.8, 4) is 23.4 Å². The van der Waals surface area contributed by atoms with Gasteiger partial charge in [0.15, 0.2) is 17.2 Å². The second kappa shape index (κ2) is 8.94. The van der Waals surface area contributed by atoms with Gasteiger partial charge in [-0.1, -0.05) is 45.0 Å². The average molecular weight is 447 g/mol. The molecule has 170 valence electrons. The lowest BCUT2D eigenvalue weighted by atomic mass is 9.87. The molecule has 0 saturated heterocycles. The molecule has 0 aliphatic carbocycles. The number of hydrogen-bond acceptors (Lipinski definition) is 6. The molecule has 33 heavy (non-hydrogen) atoms. The number of benzene rings is 2. The smallest absolute Gasteiger partial charge is 0.308 e. The normalized spacial score (nSPS) is 15.6. The van der Waals surface area contributed by atoms with Crippen LogP contribution in [0.1, 0.15) is 39.2 Å². The summed E-state index contributed by atoms with van der Waals surface area (Å²) in [6.07, 6.45) is 0.0303. The molecule has 2 heterocycles. The second-order valence-corrected chi connectivity index (χ2v) is 8.97. The number of carbonyl (C=O) groups excluding carboxylic acids is 1. The Morgan fingerprint density at radius 2 is 2.03 bits per heavy atom. The van der Waals surface area contributed by atoms with E-state index in [0.717, 1.165) is 11.1 Å². The minimum Gasteiger partial charge on any atom is -0.493 e. The standard InChI is InChI=1S/C25H26N4O4/c1-25(2,3)16-10-11-19-20(14-16)33-21(15-32-19)23(30)28-27-22-17-8-4-5-9-18(17)29(24(22)31)13-7-6-12-26/h4-5,8-11,14,21,31H,6-7,13,15H2,1-3H3/t21-/m1/s1. The van der Waals surface area contributed by atoms with E-state index in [9.17, 15) is 9.90 Å². The van der Waals surface area contributed by atoms with Crippen molar-refractivity contribution in [2.75, 3.05) is 6.61 Å². The summed E-state index contributed by atoms with van der Waals surface area (Å²) in [6.45, 7) is 6.77. The van der Waals surface area contributed by atoms with E-state index in [-0.39, 0.29) is 23.6 Å². The van der Waals surface area contributed by atoms with Gasteiger partial charge in [-0.25, -0.2) is 0 Å². The van der Waals surface area contributed by atoms with Crippen molar-refractivity contribution in [1.82, 2.24) is 4.57 Å². The number of fused-ring (bicyclic) bond motifs is 2. The van der Waals surface area contributed by atoms with Gasteiger partial charge < -0.3 is 19.1 Å². The maximum absolute atomic E-state index is 12.7. The molecule has 0 spiro atoms. The molecule has 0 radical (unpaired) electrons. The highest BCUT2D eigenvalue weighted by molar-refractivity contribution is 5.95. The summed E-state index contributed by atoms with van der Waals surface area (Å²) in [4.78, 5) is 12.7. The molecule has 1 aliphatic heterocycles. The van der Waals surface area contributed by atoms with Crippen molar-refractivity contribution in [3.63, 3.8) is 0 Å². The quantitative estimate of drug-likeness (QED) is 0.417. The van der Waals surface area contributed by atoms with Crippen molar-refractivity contribution in [3.05, 3.63) is 48.0 Å². The zero-order valence-corrected chi connectivity index (χ0v) is 18.9. The average Bonchev–Trinajstić information content (AvgIpc) is 3.07. The monoisotopic (exact) mass is 446 g/mol. The summed E-state index contributed by atoms with van der Waals surface area (Å²) in [5.41, 5.74) is 1.96. The van der Waals surface area contributed by atoms with E-state index in [1.807, 2.05) is 36.4 Å². The van der Waals surface area contributed by atoms with E-state index < -0.39 is 12.0 Å². The Morgan fingerprint density at radius 3 is 2.79 bits per heavy atom. The zero-order valence-electron chi connectivity index (χ0n) is 18.9. The largest absolute Gasteiger partial charge is 0.493 e. The Balaban J connectivity index is 1.56. The summed E-state index contributed by atoms with van der Waals surface area (Å²) in [6, 6.07) is 15.1.